The molecule has 0 aliphatic carbocycles. The van der Waals surface area contributed by atoms with Gasteiger partial charge in [-0.3, -0.25) is 14.8 Å². The van der Waals surface area contributed by atoms with Crippen molar-refractivity contribution in [3.8, 4) is 0 Å². The number of rotatable bonds is 4. The first-order valence-corrected chi connectivity index (χ1v) is 10.3. The Morgan fingerprint density at radius 2 is 1.88 bits per heavy atom. The van der Waals surface area contributed by atoms with Crippen LogP contribution in [-0.2, 0) is 6.54 Å². The molecule has 0 radical (unpaired) electrons. The monoisotopic (exact) mass is 415 g/mol. The molecule has 138 valence electrons. The normalized spacial score (nSPS) is 27.2. The van der Waals surface area contributed by atoms with Crippen molar-refractivity contribution >= 4 is 15.9 Å². The number of nitrogens with zero attached hydrogens (tertiary/aromatic N) is 3. The number of hydrogen-bond acceptors (Lipinski definition) is 4. The molecule has 5 heteroatoms. The van der Waals surface area contributed by atoms with E-state index in [-0.39, 0.29) is 12.6 Å². The topological polar surface area (TPSA) is 39.6 Å². The summed E-state index contributed by atoms with van der Waals surface area (Å²) in [7, 11) is 0. The minimum Gasteiger partial charge on any atom is -0.395 e. The van der Waals surface area contributed by atoms with Crippen LogP contribution in [0, 0.1) is 0 Å². The highest BCUT2D eigenvalue weighted by Gasteiger charge is 2.48. The van der Waals surface area contributed by atoms with Crippen LogP contribution >= 0.6 is 15.9 Å². The van der Waals surface area contributed by atoms with Gasteiger partial charge in [-0.15, -0.1) is 0 Å². The van der Waals surface area contributed by atoms with Gasteiger partial charge in [0.2, 0.25) is 0 Å². The lowest BCUT2D eigenvalue weighted by Crippen LogP contribution is -2.67. The molecule has 2 fully saturated rings. The quantitative estimate of drug-likeness (QED) is 0.831. The van der Waals surface area contributed by atoms with Gasteiger partial charge in [-0.2, -0.15) is 0 Å². The van der Waals surface area contributed by atoms with Gasteiger partial charge in [0, 0.05) is 41.8 Å². The van der Waals surface area contributed by atoms with Gasteiger partial charge >= 0.3 is 0 Å². The molecule has 0 bridgehead atoms. The van der Waals surface area contributed by atoms with Crippen molar-refractivity contribution < 1.29 is 5.11 Å². The van der Waals surface area contributed by atoms with Crippen molar-refractivity contribution in [2.24, 2.45) is 0 Å². The summed E-state index contributed by atoms with van der Waals surface area (Å²) in [4.78, 5) is 9.57. The summed E-state index contributed by atoms with van der Waals surface area (Å²) in [6, 6.07) is 15.5. The lowest BCUT2D eigenvalue weighted by atomic mass is 9.74. The van der Waals surface area contributed by atoms with Crippen molar-refractivity contribution in [2.45, 2.75) is 37.4 Å². The molecule has 2 aliphatic heterocycles. The predicted molar refractivity (Wildman–Crippen MR) is 107 cm³/mol. The molecule has 26 heavy (non-hydrogen) atoms. The minimum atomic E-state index is 0.234. The Morgan fingerprint density at radius 1 is 1.08 bits per heavy atom. The molecule has 0 unspecified atom stereocenters. The molecule has 0 saturated carbocycles. The second-order valence-electron chi connectivity index (χ2n) is 7.40. The first-order chi connectivity index (χ1) is 12.8. The fraction of sp³-hybridized carbons (Fsp3) is 0.476. The third-order valence-corrected chi connectivity index (χ3v) is 6.35. The zero-order chi connectivity index (χ0) is 17.9. The number of benzene rings is 1. The molecule has 0 amide bonds. The van der Waals surface area contributed by atoms with Gasteiger partial charge in [0.05, 0.1) is 12.3 Å². The van der Waals surface area contributed by atoms with Gasteiger partial charge in [0.1, 0.15) is 0 Å². The zero-order valence-corrected chi connectivity index (χ0v) is 16.6. The third-order valence-electron chi connectivity index (χ3n) is 5.82. The van der Waals surface area contributed by atoms with Gasteiger partial charge in [-0.05, 0) is 55.8 Å². The second-order valence-corrected chi connectivity index (χ2v) is 8.31. The van der Waals surface area contributed by atoms with Crippen LogP contribution in [0.25, 0.3) is 0 Å². The summed E-state index contributed by atoms with van der Waals surface area (Å²) in [6.07, 6.45) is 4.28. The van der Waals surface area contributed by atoms with E-state index in [4.69, 9.17) is 0 Å². The maximum absolute atomic E-state index is 10.00. The van der Waals surface area contributed by atoms with Crippen LogP contribution in [0.4, 0.5) is 0 Å². The number of fused-ring (bicyclic) bond motifs is 1. The first kappa shape index (κ1) is 18.1. The first-order valence-electron chi connectivity index (χ1n) is 9.50. The Bertz CT molecular complexity index is 709. The molecule has 0 spiro atoms. The minimum absolute atomic E-state index is 0.234. The highest BCUT2D eigenvalue weighted by molar-refractivity contribution is 9.10. The SMILES string of the molecule is OC[C@@H]1[C@H](c2ccc(Br)cc2)[C@@H]2CN(Cc3ccccn3)CCCCN12. The molecule has 1 aromatic heterocycles. The van der Waals surface area contributed by atoms with Crippen LogP contribution in [0.5, 0.6) is 0 Å². The zero-order valence-electron chi connectivity index (χ0n) is 15.0. The molecule has 2 saturated heterocycles. The van der Waals surface area contributed by atoms with Crippen LogP contribution in [0.2, 0.25) is 0 Å². The molecule has 2 aromatic rings. The predicted octanol–water partition coefficient (Wildman–Crippen LogP) is 3.27. The second kappa shape index (κ2) is 8.17. The highest BCUT2D eigenvalue weighted by Crippen LogP contribution is 2.42. The third kappa shape index (κ3) is 3.72. The lowest BCUT2D eigenvalue weighted by molar-refractivity contribution is -0.0656. The van der Waals surface area contributed by atoms with Crippen LogP contribution in [0.3, 0.4) is 0 Å². The fourth-order valence-corrected chi connectivity index (χ4v) is 4.83. The maximum atomic E-state index is 10.00. The summed E-state index contributed by atoms with van der Waals surface area (Å²) in [5.74, 6) is 0.400. The van der Waals surface area contributed by atoms with E-state index < -0.39 is 0 Å². The van der Waals surface area contributed by atoms with E-state index in [2.05, 4.69) is 67.1 Å². The molecule has 4 nitrogen and oxygen atoms in total. The van der Waals surface area contributed by atoms with Crippen molar-refractivity contribution in [1.82, 2.24) is 14.8 Å². The fourth-order valence-electron chi connectivity index (χ4n) is 4.56. The van der Waals surface area contributed by atoms with Crippen LogP contribution < -0.4 is 0 Å². The van der Waals surface area contributed by atoms with Crippen molar-refractivity contribution in [3.63, 3.8) is 0 Å². The average Bonchev–Trinajstić information content (AvgIpc) is 2.65. The van der Waals surface area contributed by atoms with E-state index >= 15 is 0 Å². The highest BCUT2D eigenvalue weighted by atomic mass is 79.9. The number of pyridine rings is 1. The summed E-state index contributed by atoms with van der Waals surface area (Å²) < 4.78 is 1.10. The van der Waals surface area contributed by atoms with Gasteiger partial charge in [-0.25, -0.2) is 0 Å². The number of aliphatic hydroxyl groups is 1. The van der Waals surface area contributed by atoms with E-state index in [1.807, 2.05) is 12.3 Å². The van der Waals surface area contributed by atoms with E-state index in [9.17, 15) is 5.11 Å². The average molecular weight is 416 g/mol. The van der Waals surface area contributed by atoms with Crippen LogP contribution in [-0.4, -0.2) is 58.2 Å². The van der Waals surface area contributed by atoms with Gasteiger partial charge in [0.25, 0.3) is 0 Å². The van der Waals surface area contributed by atoms with Crippen molar-refractivity contribution in [1.29, 1.82) is 0 Å². The van der Waals surface area contributed by atoms with Gasteiger partial charge in [0.15, 0.2) is 0 Å². The molecular formula is C21H26BrN3O. The Balaban J connectivity index is 1.54. The Kier molecular flexibility index (Phi) is 5.69. The van der Waals surface area contributed by atoms with Crippen molar-refractivity contribution in [3.05, 3.63) is 64.4 Å². The Labute approximate surface area is 164 Å². The van der Waals surface area contributed by atoms with Gasteiger partial charge < -0.3 is 5.11 Å². The van der Waals surface area contributed by atoms with E-state index in [0.29, 0.717) is 12.0 Å². The molecule has 3 atom stereocenters. The van der Waals surface area contributed by atoms with E-state index in [0.717, 1.165) is 36.3 Å². The van der Waals surface area contributed by atoms with Crippen LogP contribution in [0.15, 0.2) is 53.1 Å². The molecular weight excluding hydrogens is 390 g/mol. The van der Waals surface area contributed by atoms with Gasteiger partial charge in [-0.1, -0.05) is 34.1 Å². The number of aliphatic hydroxyl groups excluding tert-OH is 1. The molecule has 1 aromatic carbocycles. The number of halogens is 1. The standard InChI is InChI=1S/C21H26BrN3O/c22-17-8-6-16(7-9-17)21-19-14-24(13-18-5-1-2-10-23-18)11-3-4-12-25(19)20(21)15-26/h1-2,5-10,19-21,26H,3-4,11-15H2/t19-,20+,21+/m0/s1. The van der Waals surface area contributed by atoms with E-state index in [1.54, 1.807) is 0 Å². The molecule has 3 heterocycles. The lowest BCUT2D eigenvalue weighted by Gasteiger charge is -2.57. The molecule has 2 aliphatic rings. The molecule has 1 N–H and O–H groups in total. The summed E-state index contributed by atoms with van der Waals surface area (Å²) >= 11 is 3.53. The summed E-state index contributed by atoms with van der Waals surface area (Å²) in [5.41, 5.74) is 2.48. The van der Waals surface area contributed by atoms with Crippen LogP contribution in [0.1, 0.15) is 30.0 Å². The summed E-state index contributed by atoms with van der Waals surface area (Å²) in [5, 5.41) is 10.00. The largest absolute Gasteiger partial charge is 0.395 e. The van der Waals surface area contributed by atoms with E-state index in [1.165, 1.54) is 18.4 Å². The Morgan fingerprint density at radius 3 is 2.62 bits per heavy atom. The smallest absolute Gasteiger partial charge is 0.0593 e. The molecule has 4 rings (SSSR count). The Hall–Kier alpha value is -1.27. The van der Waals surface area contributed by atoms with Crippen molar-refractivity contribution in [2.75, 3.05) is 26.2 Å². The summed E-state index contributed by atoms with van der Waals surface area (Å²) in [6.45, 7) is 4.39. The number of aromatic nitrogens is 1. The number of hydrogen-bond donors (Lipinski definition) is 1. The maximum Gasteiger partial charge on any atom is 0.0593 e.